The number of aliphatic hydroxyl groups is 2. The molecule has 24 heavy (non-hydrogen) atoms. The van der Waals surface area contributed by atoms with Crippen molar-refractivity contribution >= 4 is 5.91 Å². The summed E-state index contributed by atoms with van der Waals surface area (Å²) in [5.41, 5.74) is 0.354. The molecular formula is C17H27NO6. The van der Waals surface area contributed by atoms with Crippen LogP contribution in [0.2, 0.25) is 0 Å². The first-order chi connectivity index (χ1) is 11.6. The van der Waals surface area contributed by atoms with E-state index in [9.17, 15) is 4.79 Å². The molecule has 7 heteroatoms. The van der Waals surface area contributed by atoms with Gasteiger partial charge in [-0.1, -0.05) is 0 Å². The Bertz CT molecular complexity index is 487. The molecular weight excluding hydrogens is 314 g/mol. The first-order valence-electron chi connectivity index (χ1n) is 8.20. The van der Waals surface area contributed by atoms with E-state index in [1.807, 2.05) is 20.8 Å². The van der Waals surface area contributed by atoms with E-state index < -0.39 is 0 Å². The van der Waals surface area contributed by atoms with E-state index >= 15 is 0 Å². The Morgan fingerprint density at radius 2 is 1.38 bits per heavy atom. The smallest absolute Gasteiger partial charge is 0.254 e. The molecule has 0 bridgehead atoms. The van der Waals surface area contributed by atoms with Crippen molar-refractivity contribution in [3.63, 3.8) is 0 Å². The third-order valence-electron chi connectivity index (χ3n) is 3.18. The van der Waals surface area contributed by atoms with E-state index in [1.165, 1.54) is 4.90 Å². The van der Waals surface area contributed by atoms with E-state index in [-0.39, 0.29) is 32.2 Å². The topological polar surface area (TPSA) is 88.5 Å². The van der Waals surface area contributed by atoms with Crippen molar-refractivity contribution < 1.29 is 29.2 Å². The summed E-state index contributed by atoms with van der Waals surface area (Å²) in [6.07, 6.45) is 0. The first kappa shape index (κ1) is 20.1. The molecule has 0 aromatic heterocycles. The fraction of sp³-hybridized carbons (Fsp3) is 0.588. The summed E-state index contributed by atoms with van der Waals surface area (Å²) in [5.74, 6) is 1.01. The molecule has 0 saturated carbocycles. The summed E-state index contributed by atoms with van der Waals surface area (Å²) in [4.78, 5) is 14.0. The van der Waals surface area contributed by atoms with Crippen LogP contribution in [0.1, 0.15) is 31.1 Å². The molecule has 0 aliphatic carbocycles. The minimum atomic E-state index is -0.317. The molecule has 0 radical (unpaired) electrons. The summed E-state index contributed by atoms with van der Waals surface area (Å²) >= 11 is 0. The van der Waals surface area contributed by atoms with Gasteiger partial charge in [-0.2, -0.15) is 0 Å². The molecule has 0 fully saturated rings. The zero-order valence-electron chi connectivity index (χ0n) is 14.6. The lowest BCUT2D eigenvalue weighted by Gasteiger charge is -2.22. The summed E-state index contributed by atoms with van der Waals surface area (Å²) in [7, 11) is 0. The van der Waals surface area contributed by atoms with Crippen molar-refractivity contribution in [2.24, 2.45) is 0 Å². The van der Waals surface area contributed by atoms with Crippen LogP contribution >= 0.6 is 0 Å². The maximum absolute atomic E-state index is 12.7. The Labute approximate surface area is 142 Å². The third-order valence-corrected chi connectivity index (χ3v) is 3.18. The van der Waals surface area contributed by atoms with Gasteiger partial charge in [0, 0.05) is 18.7 Å². The van der Waals surface area contributed by atoms with E-state index in [0.717, 1.165) is 0 Å². The molecule has 1 aromatic carbocycles. The van der Waals surface area contributed by atoms with Gasteiger partial charge in [-0.3, -0.25) is 4.79 Å². The Balaban J connectivity index is 3.28. The van der Waals surface area contributed by atoms with Gasteiger partial charge in [0.05, 0.1) is 33.0 Å². The zero-order chi connectivity index (χ0) is 17.9. The Morgan fingerprint density at radius 1 is 0.917 bits per heavy atom. The highest BCUT2D eigenvalue weighted by molar-refractivity contribution is 5.95. The highest BCUT2D eigenvalue weighted by atomic mass is 16.5. The Morgan fingerprint density at radius 3 is 1.75 bits per heavy atom. The van der Waals surface area contributed by atoms with E-state index in [0.29, 0.717) is 42.6 Å². The van der Waals surface area contributed by atoms with Crippen LogP contribution in [-0.4, -0.2) is 67.1 Å². The van der Waals surface area contributed by atoms with Crippen molar-refractivity contribution in [2.75, 3.05) is 46.1 Å². The van der Waals surface area contributed by atoms with Crippen LogP contribution in [0.25, 0.3) is 0 Å². The fourth-order valence-electron chi connectivity index (χ4n) is 2.25. The number of nitrogens with zero attached hydrogens (tertiary/aromatic N) is 1. The van der Waals surface area contributed by atoms with Gasteiger partial charge >= 0.3 is 0 Å². The molecule has 0 aliphatic rings. The Kier molecular flexibility index (Phi) is 8.96. The number of carbonyl (C=O) groups excluding carboxylic acids is 1. The second-order valence-electron chi connectivity index (χ2n) is 4.84. The quantitative estimate of drug-likeness (QED) is 0.631. The van der Waals surface area contributed by atoms with Crippen LogP contribution in [-0.2, 0) is 0 Å². The molecule has 0 atom stereocenters. The molecule has 1 amide bonds. The molecule has 0 spiro atoms. The number of hydrogen-bond acceptors (Lipinski definition) is 6. The van der Waals surface area contributed by atoms with E-state index in [2.05, 4.69) is 0 Å². The van der Waals surface area contributed by atoms with Crippen molar-refractivity contribution in [1.82, 2.24) is 4.90 Å². The predicted octanol–water partition coefficient (Wildman–Crippen LogP) is 1.31. The SMILES string of the molecule is CCOc1cc(C(=O)N(CCO)CCO)cc(OCC)c1OCC. The molecule has 136 valence electrons. The lowest BCUT2D eigenvalue weighted by molar-refractivity contribution is 0.0683. The van der Waals surface area contributed by atoms with Crippen molar-refractivity contribution in [3.05, 3.63) is 17.7 Å². The van der Waals surface area contributed by atoms with Crippen LogP contribution < -0.4 is 14.2 Å². The van der Waals surface area contributed by atoms with Gasteiger partial charge in [0.1, 0.15) is 0 Å². The molecule has 0 saturated heterocycles. The fourth-order valence-corrected chi connectivity index (χ4v) is 2.25. The number of amides is 1. The maximum Gasteiger partial charge on any atom is 0.254 e. The number of aliphatic hydroxyl groups excluding tert-OH is 2. The monoisotopic (exact) mass is 341 g/mol. The highest BCUT2D eigenvalue weighted by Crippen LogP contribution is 2.39. The molecule has 2 N–H and O–H groups in total. The summed E-state index contributed by atoms with van der Waals surface area (Å²) < 4.78 is 16.8. The van der Waals surface area contributed by atoms with Gasteiger partial charge in [0.15, 0.2) is 11.5 Å². The van der Waals surface area contributed by atoms with Crippen LogP contribution in [0.4, 0.5) is 0 Å². The molecule has 1 aromatic rings. The van der Waals surface area contributed by atoms with Crippen LogP contribution in [0.15, 0.2) is 12.1 Å². The normalized spacial score (nSPS) is 10.4. The Hall–Kier alpha value is -1.99. The zero-order valence-corrected chi connectivity index (χ0v) is 14.6. The van der Waals surface area contributed by atoms with E-state index in [4.69, 9.17) is 24.4 Å². The van der Waals surface area contributed by atoms with Crippen LogP contribution in [0.5, 0.6) is 17.2 Å². The average molecular weight is 341 g/mol. The van der Waals surface area contributed by atoms with Crippen LogP contribution in [0, 0.1) is 0 Å². The highest BCUT2D eigenvalue weighted by Gasteiger charge is 2.21. The molecule has 0 heterocycles. The minimum Gasteiger partial charge on any atom is -0.490 e. The summed E-state index contributed by atoms with van der Waals surface area (Å²) in [6.45, 7) is 6.73. The number of benzene rings is 1. The maximum atomic E-state index is 12.7. The second kappa shape index (κ2) is 10.7. The number of carbonyl (C=O) groups is 1. The predicted molar refractivity (Wildman–Crippen MR) is 90.0 cm³/mol. The first-order valence-corrected chi connectivity index (χ1v) is 8.20. The van der Waals surface area contributed by atoms with Gasteiger partial charge in [-0.05, 0) is 32.9 Å². The number of ether oxygens (including phenoxy) is 3. The second-order valence-corrected chi connectivity index (χ2v) is 4.84. The number of rotatable bonds is 11. The van der Waals surface area contributed by atoms with Gasteiger partial charge < -0.3 is 29.3 Å². The average Bonchev–Trinajstić information content (AvgIpc) is 2.57. The number of hydrogen-bond donors (Lipinski definition) is 2. The van der Waals surface area contributed by atoms with Gasteiger partial charge in [-0.25, -0.2) is 0 Å². The van der Waals surface area contributed by atoms with Crippen LogP contribution in [0.3, 0.4) is 0 Å². The standard InChI is InChI=1S/C17H27NO6/c1-4-22-14-11-13(17(21)18(7-9-19)8-10-20)12-15(23-5-2)16(14)24-6-3/h11-12,19-20H,4-10H2,1-3H3. The molecule has 1 rings (SSSR count). The lowest BCUT2D eigenvalue weighted by atomic mass is 10.1. The van der Waals surface area contributed by atoms with Crippen molar-refractivity contribution in [2.45, 2.75) is 20.8 Å². The van der Waals surface area contributed by atoms with Crippen molar-refractivity contribution in [3.8, 4) is 17.2 Å². The molecule has 0 aliphatic heterocycles. The van der Waals surface area contributed by atoms with Gasteiger partial charge in [-0.15, -0.1) is 0 Å². The third kappa shape index (κ3) is 5.28. The summed E-state index contributed by atoms with van der Waals surface area (Å²) in [6, 6.07) is 3.20. The van der Waals surface area contributed by atoms with E-state index in [1.54, 1.807) is 12.1 Å². The largest absolute Gasteiger partial charge is 0.490 e. The van der Waals surface area contributed by atoms with Gasteiger partial charge in [0.25, 0.3) is 5.91 Å². The minimum absolute atomic E-state index is 0.139. The molecule has 0 unspecified atom stereocenters. The summed E-state index contributed by atoms with van der Waals surface area (Å²) in [5, 5.41) is 18.2. The van der Waals surface area contributed by atoms with Crippen molar-refractivity contribution in [1.29, 1.82) is 0 Å². The van der Waals surface area contributed by atoms with Gasteiger partial charge in [0.2, 0.25) is 5.75 Å². The lowest BCUT2D eigenvalue weighted by Crippen LogP contribution is -2.35. The molecule has 7 nitrogen and oxygen atoms in total.